The smallest absolute Gasteiger partial charge is 0.303 e. The molecule has 0 heterocycles. The van der Waals surface area contributed by atoms with Crippen molar-refractivity contribution in [2.24, 2.45) is 5.92 Å². The van der Waals surface area contributed by atoms with Gasteiger partial charge in [-0.05, 0) is 31.3 Å². The van der Waals surface area contributed by atoms with Gasteiger partial charge in [-0.2, -0.15) is 0 Å². The number of carbonyl (C=O) groups is 1. The van der Waals surface area contributed by atoms with Crippen LogP contribution in [0.25, 0.3) is 0 Å². The summed E-state index contributed by atoms with van der Waals surface area (Å²) in [6.07, 6.45) is 20.0. The third-order valence-corrected chi connectivity index (χ3v) is 4.50. The van der Waals surface area contributed by atoms with Gasteiger partial charge >= 0.3 is 5.97 Å². The van der Waals surface area contributed by atoms with Crippen molar-refractivity contribution in [2.45, 2.75) is 103 Å². The first kappa shape index (κ1) is 22.0. The fourth-order valence-electron chi connectivity index (χ4n) is 3.05. The van der Waals surface area contributed by atoms with Gasteiger partial charge in [-0.3, -0.25) is 4.79 Å². The van der Waals surface area contributed by atoms with Crippen LogP contribution < -0.4 is 0 Å². The zero-order chi connectivity index (χ0) is 17.2. The minimum absolute atomic E-state index is 0.320. The molecule has 1 atom stereocenters. The largest absolute Gasteiger partial charge is 0.481 e. The molecule has 2 nitrogen and oxygen atoms in total. The highest BCUT2D eigenvalue weighted by atomic mass is 16.4. The number of rotatable bonds is 17. The van der Waals surface area contributed by atoms with Crippen LogP contribution in [0, 0.1) is 5.92 Å². The number of aliphatic carboxylic acids is 1. The molecule has 0 radical (unpaired) electrons. The minimum atomic E-state index is -0.670. The summed E-state index contributed by atoms with van der Waals surface area (Å²) in [4.78, 5) is 10.4. The van der Waals surface area contributed by atoms with Crippen LogP contribution in [-0.4, -0.2) is 11.1 Å². The van der Waals surface area contributed by atoms with E-state index in [1.807, 2.05) is 0 Å². The Morgan fingerprint density at radius 1 is 0.913 bits per heavy atom. The van der Waals surface area contributed by atoms with Gasteiger partial charge in [-0.15, -0.1) is 5.73 Å². The van der Waals surface area contributed by atoms with Crippen LogP contribution in [-0.2, 0) is 4.79 Å². The van der Waals surface area contributed by atoms with Crippen molar-refractivity contribution in [3.8, 4) is 0 Å². The van der Waals surface area contributed by atoms with E-state index in [1.165, 1.54) is 70.6 Å². The second kappa shape index (κ2) is 17.3. The first-order chi connectivity index (χ1) is 11.2. The van der Waals surface area contributed by atoms with Gasteiger partial charge in [0, 0.05) is 6.42 Å². The Balaban J connectivity index is 3.54. The third-order valence-electron chi connectivity index (χ3n) is 4.50. The van der Waals surface area contributed by atoms with Gasteiger partial charge in [-0.1, -0.05) is 84.1 Å². The van der Waals surface area contributed by atoms with Gasteiger partial charge in [0.2, 0.25) is 0 Å². The summed E-state index contributed by atoms with van der Waals surface area (Å²) in [5.41, 5.74) is 2.97. The summed E-state index contributed by atoms with van der Waals surface area (Å²) in [5, 5.41) is 8.59. The maximum atomic E-state index is 10.4. The van der Waals surface area contributed by atoms with Gasteiger partial charge in [0.15, 0.2) is 0 Å². The first-order valence-corrected chi connectivity index (χ1v) is 9.78. The van der Waals surface area contributed by atoms with Crippen LogP contribution in [0.2, 0.25) is 0 Å². The Morgan fingerprint density at radius 2 is 1.39 bits per heavy atom. The Bertz CT molecular complexity index is 316. The lowest BCUT2D eigenvalue weighted by Gasteiger charge is -2.11. The molecule has 0 aliphatic rings. The number of unbranched alkanes of at least 4 members (excludes halogenated alkanes) is 10. The molecule has 0 bridgehead atoms. The summed E-state index contributed by atoms with van der Waals surface area (Å²) >= 11 is 0. The monoisotopic (exact) mass is 322 g/mol. The van der Waals surface area contributed by atoms with Crippen molar-refractivity contribution in [3.05, 3.63) is 18.4 Å². The molecule has 0 aromatic carbocycles. The van der Waals surface area contributed by atoms with E-state index in [0.717, 1.165) is 19.3 Å². The lowest BCUT2D eigenvalue weighted by atomic mass is 9.94. The van der Waals surface area contributed by atoms with E-state index in [0.29, 0.717) is 12.3 Å². The maximum absolute atomic E-state index is 10.4. The third kappa shape index (κ3) is 17.2. The molecular formula is C21H38O2. The Hall–Kier alpha value is -1.01. The van der Waals surface area contributed by atoms with E-state index in [4.69, 9.17) is 5.11 Å². The molecule has 0 fully saturated rings. The van der Waals surface area contributed by atoms with Gasteiger partial charge in [0.05, 0.1) is 0 Å². The van der Waals surface area contributed by atoms with E-state index in [1.54, 1.807) is 0 Å². The number of carboxylic acids is 1. The Kier molecular flexibility index (Phi) is 16.6. The molecule has 0 aromatic rings. The van der Waals surface area contributed by atoms with E-state index in [9.17, 15) is 4.79 Å². The van der Waals surface area contributed by atoms with Crippen LogP contribution in [0.5, 0.6) is 0 Å². The average molecular weight is 323 g/mol. The van der Waals surface area contributed by atoms with Gasteiger partial charge in [0.25, 0.3) is 0 Å². The zero-order valence-corrected chi connectivity index (χ0v) is 15.3. The number of allylic oxidation sites excluding steroid dienone is 1. The zero-order valence-electron chi connectivity index (χ0n) is 15.3. The fraction of sp³-hybridized carbons (Fsp3) is 0.810. The lowest BCUT2D eigenvalue weighted by Crippen LogP contribution is -1.97. The molecular weight excluding hydrogens is 284 g/mol. The van der Waals surface area contributed by atoms with Gasteiger partial charge < -0.3 is 5.11 Å². The summed E-state index contributed by atoms with van der Waals surface area (Å²) in [6, 6.07) is 0. The quantitative estimate of drug-likeness (QED) is 0.233. The molecule has 0 saturated carbocycles. The Morgan fingerprint density at radius 3 is 1.87 bits per heavy atom. The van der Waals surface area contributed by atoms with Crippen LogP contribution in [0.3, 0.4) is 0 Å². The number of hydrogen-bond acceptors (Lipinski definition) is 1. The number of hydrogen-bond donors (Lipinski definition) is 1. The summed E-state index contributed by atoms with van der Waals surface area (Å²) in [7, 11) is 0. The first-order valence-electron chi connectivity index (χ1n) is 9.78. The molecule has 2 heteroatoms. The highest BCUT2D eigenvalue weighted by molar-refractivity contribution is 5.66. The highest BCUT2D eigenvalue weighted by Crippen LogP contribution is 2.20. The van der Waals surface area contributed by atoms with E-state index in [-0.39, 0.29) is 0 Å². The molecule has 1 N–H and O–H groups in total. The maximum Gasteiger partial charge on any atom is 0.303 e. The lowest BCUT2D eigenvalue weighted by molar-refractivity contribution is -0.137. The summed E-state index contributed by atoms with van der Waals surface area (Å²) in [5.74, 6) is -0.0296. The van der Waals surface area contributed by atoms with Crippen molar-refractivity contribution in [2.75, 3.05) is 0 Å². The van der Waals surface area contributed by atoms with Crippen molar-refractivity contribution >= 4 is 5.97 Å². The van der Waals surface area contributed by atoms with Crippen LogP contribution in [0.4, 0.5) is 0 Å². The predicted octanol–water partition coefficient (Wildman–Crippen LogP) is 6.90. The van der Waals surface area contributed by atoms with Gasteiger partial charge in [-0.25, -0.2) is 0 Å². The van der Waals surface area contributed by atoms with E-state index < -0.39 is 5.97 Å². The molecule has 0 aliphatic carbocycles. The van der Waals surface area contributed by atoms with Crippen LogP contribution in [0.1, 0.15) is 103 Å². The summed E-state index contributed by atoms with van der Waals surface area (Å²) in [6.45, 7) is 5.99. The molecule has 0 spiro atoms. The second-order valence-electron chi connectivity index (χ2n) is 6.74. The van der Waals surface area contributed by atoms with Crippen LogP contribution >= 0.6 is 0 Å². The van der Waals surface area contributed by atoms with Crippen molar-refractivity contribution in [1.82, 2.24) is 0 Å². The standard InChI is InChI=1S/C21H38O2/c1-3-5-6-7-8-10-13-17-20(16-4-2)18-14-11-9-12-15-19-21(22)23/h16,20H,2-3,5-15,17-19H2,1H3,(H,22,23). The minimum Gasteiger partial charge on any atom is -0.481 e. The average Bonchev–Trinajstić information content (AvgIpc) is 2.52. The molecule has 0 aliphatic heterocycles. The molecule has 134 valence electrons. The fourth-order valence-corrected chi connectivity index (χ4v) is 3.05. The highest BCUT2D eigenvalue weighted by Gasteiger charge is 2.05. The van der Waals surface area contributed by atoms with Crippen molar-refractivity contribution in [1.29, 1.82) is 0 Å². The molecule has 0 rings (SSSR count). The summed E-state index contributed by atoms with van der Waals surface area (Å²) < 4.78 is 0. The Labute approximate surface area is 144 Å². The second-order valence-corrected chi connectivity index (χ2v) is 6.74. The van der Waals surface area contributed by atoms with Crippen molar-refractivity contribution < 1.29 is 9.90 Å². The number of carboxylic acid groups (broad SMARTS) is 1. The van der Waals surface area contributed by atoms with Crippen LogP contribution in [0.15, 0.2) is 18.4 Å². The van der Waals surface area contributed by atoms with E-state index >= 15 is 0 Å². The molecule has 23 heavy (non-hydrogen) atoms. The van der Waals surface area contributed by atoms with Crippen molar-refractivity contribution in [3.63, 3.8) is 0 Å². The predicted molar refractivity (Wildman–Crippen MR) is 99.8 cm³/mol. The molecule has 0 saturated heterocycles. The SMILES string of the molecule is C=C=CC(CCCCCCCCC)CCCCCCCC(=O)O. The molecule has 1 unspecified atom stereocenters. The normalized spacial score (nSPS) is 11.9. The molecule has 0 aromatic heterocycles. The topological polar surface area (TPSA) is 37.3 Å². The van der Waals surface area contributed by atoms with E-state index in [2.05, 4.69) is 25.3 Å². The molecule has 0 amide bonds. The van der Waals surface area contributed by atoms with Gasteiger partial charge in [0.1, 0.15) is 0 Å².